The number of imide groups is 2. The number of halogens is 4. The molecule has 4 amide bonds. The molecule has 5 aromatic rings. The van der Waals surface area contributed by atoms with E-state index in [9.17, 15) is 19.2 Å². The van der Waals surface area contributed by atoms with Gasteiger partial charge in [0.25, 0.3) is 23.6 Å². The number of hydrogen-bond donors (Lipinski definition) is 0. The molecule has 2 aliphatic heterocycles. The lowest BCUT2D eigenvalue weighted by atomic mass is 9.82. The fourth-order valence-corrected chi connectivity index (χ4v) is 13.3. The lowest BCUT2D eigenvalue weighted by Crippen LogP contribution is -2.66. The fourth-order valence-electron chi connectivity index (χ4n) is 9.64. The summed E-state index contributed by atoms with van der Waals surface area (Å²) >= 11 is 28.7. The van der Waals surface area contributed by atoms with E-state index in [4.69, 9.17) is 59.7 Å². The highest BCUT2D eigenvalue weighted by Crippen LogP contribution is 2.54. The summed E-state index contributed by atoms with van der Waals surface area (Å²) in [6.07, 6.45) is 19.7. The van der Waals surface area contributed by atoms with E-state index in [1.54, 1.807) is 32.9 Å². The maximum absolute atomic E-state index is 14.6. The van der Waals surface area contributed by atoms with Crippen LogP contribution in [0.3, 0.4) is 0 Å². The zero-order valence-corrected chi connectivity index (χ0v) is 40.2. The van der Waals surface area contributed by atoms with E-state index >= 15 is 0 Å². The summed E-state index contributed by atoms with van der Waals surface area (Å²) in [6, 6.07) is 6.16. The van der Waals surface area contributed by atoms with Crippen molar-refractivity contribution < 1.29 is 32.5 Å². The predicted octanol–water partition coefficient (Wildman–Crippen LogP) is 14.3. The van der Waals surface area contributed by atoms with E-state index in [0.717, 1.165) is 23.8 Å². The minimum Gasteiger partial charge on any atom is -0.356 e. The van der Waals surface area contributed by atoms with E-state index in [-0.39, 0.29) is 68.7 Å². The van der Waals surface area contributed by atoms with Crippen molar-refractivity contribution in [1.82, 2.24) is 9.47 Å². The van der Waals surface area contributed by atoms with Crippen LogP contribution in [0.25, 0.3) is 43.1 Å². The molecule has 0 saturated heterocycles. The highest BCUT2D eigenvalue weighted by molar-refractivity contribution is 6.67. The topological polar surface area (TPSA) is 102 Å². The maximum Gasteiger partial charge on any atom is 0.643 e. The van der Waals surface area contributed by atoms with E-state index in [2.05, 4.69) is 6.92 Å². The SMILES string of the molecule is CCCCCCCCCCCCCCCCCCN1C(=O)c2cc(Cl)c3c4c(Cl)cc5c6c(cc(Cl)c(c7c(Cl)cc(c2c37)C1=O)c64)C(=O)N([Si](OCC)(OCC)OCC)C5=O. The molecule has 0 bridgehead atoms. The van der Waals surface area contributed by atoms with Gasteiger partial charge >= 0.3 is 8.97 Å². The summed E-state index contributed by atoms with van der Waals surface area (Å²) in [6.45, 7) is 8.09. The Balaban J connectivity index is 1.15. The predicted molar refractivity (Wildman–Crippen MR) is 254 cm³/mol. The Labute approximate surface area is 385 Å². The molecule has 62 heavy (non-hydrogen) atoms. The normalized spacial score (nSPS) is 14.4. The van der Waals surface area contributed by atoms with Crippen molar-refractivity contribution in [2.45, 2.75) is 130 Å². The summed E-state index contributed by atoms with van der Waals surface area (Å²) < 4.78 is 19.0. The molecule has 7 rings (SSSR count). The smallest absolute Gasteiger partial charge is 0.356 e. The van der Waals surface area contributed by atoms with Crippen LogP contribution >= 0.6 is 46.4 Å². The van der Waals surface area contributed by atoms with Crippen molar-refractivity contribution in [2.24, 2.45) is 0 Å². The number of carbonyl (C=O) groups is 4. The molecule has 14 heteroatoms. The first-order valence-corrected chi connectivity index (χ1v) is 25.8. The third kappa shape index (κ3) is 8.48. The quantitative estimate of drug-likeness (QED) is 0.0200. The number of hydrogen-bond acceptors (Lipinski definition) is 7. The molecule has 0 saturated carbocycles. The van der Waals surface area contributed by atoms with E-state index in [1.807, 2.05) is 0 Å². The van der Waals surface area contributed by atoms with Gasteiger partial charge in [0.1, 0.15) is 0 Å². The van der Waals surface area contributed by atoms with Crippen LogP contribution < -0.4 is 0 Å². The van der Waals surface area contributed by atoms with Gasteiger partial charge in [-0.1, -0.05) is 150 Å². The largest absolute Gasteiger partial charge is 0.643 e. The molecule has 0 spiro atoms. The fraction of sp³-hybridized carbons (Fsp3) is 0.500. The van der Waals surface area contributed by atoms with Gasteiger partial charge in [-0.15, -0.1) is 0 Å². The van der Waals surface area contributed by atoms with Crippen LogP contribution in [0.4, 0.5) is 0 Å². The molecule has 0 N–H and O–H groups in total. The van der Waals surface area contributed by atoms with Crippen LogP contribution in [0, 0.1) is 0 Å². The average Bonchev–Trinajstić information content (AvgIpc) is 3.24. The highest BCUT2D eigenvalue weighted by Gasteiger charge is 2.57. The van der Waals surface area contributed by atoms with Crippen LogP contribution in [0.1, 0.15) is 172 Å². The lowest BCUT2D eigenvalue weighted by molar-refractivity contribution is 0.0168. The molecule has 2 aliphatic rings. The Kier molecular flexibility index (Phi) is 15.4. The number of nitrogens with zero attached hydrogens (tertiary/aromatic N) is 2. The second kappa shape index (κ2) is 20.4. The number of fused-ring (bicyclic) bond motifs is 2. The Morgan fingerprint density at radius 1 is 0.403 bits per heavy atom. The van der Waals surface area contributed by atoms with Gasteiger partial charge in [0, 0.05) is 101 Å². The maximum atomic E-state index is 14.6. The molecular formula is C48H56Cl4N2O7Si. The van der Waals surface area contributed by atoms with E-state index < -0.39 is 32.6 Å². The zero-order chi connectivity index (χ0) is 44.3. The first kappa shape index (κ1) is 46.9. The highest BCUT2D eigenvalue weighted by atomic mass is 35.5. The minimum absolute atomic E-state index is 0.119. The first-order valence-electron chi connectivity index (χ1n) is 22.6. The number of benzene rings is 5. The molecule has 0 atom stereocenters. The van der Waals surface area contributed by atoms with Crippen LogP contribution in [0.5, 0.6) is 0 Å². The molecule has 0 aliphatic carbocycles. The van der Waals surface area contributed by atoms with Crippen molar-refractivity contribution in [3.8, 4) is 0 Å². The van der Waals surface area contributed by atoms with Crippen molar-refractivity contribution in [3.63, 3.8) is 0 Å². The van der Waals surface area contributed by atoms with Gasteiger partial charge in [-0.05, 0) is 51.5 Å². The van der Waals surface area contributed by atoms with Gasteiger partial charge in [-0.25, -0.2) is 4.57 Å². The monoisotopic (exact) mass is 940 g/mol. The molecule has 332 valence electrons. The van der Waals surface area contributed by atoms with Crippen LogP contribution in [0.15, 0.2) is 24.3 Å². The molecule has 0 aromatic heterocycles. The van der Waals surface area contributed by atoms with Gasteiger partial charge in [0.2, 0.25) is 0 Å². The lowest BCUT2D eigenvalue weighted by Gasteiger charge is -2.38. The number of rotatable bonds is 24. The molecule has 2 heterocycles. The summed E-state index contributed by atoms with van der Waals surface area (Å²) in [5.41, 5.74) is 0.801. The molecular weight excluding hydrogens is 886 g/mol. The summed E-state index contributed by atoms with van der Waals surface area (Å²) in [7, 11) is -4.10. The standard InChI is InChI=1S/C48H56Cl4N2O7Si/c1-5-9-10-11-12-13-14-15-16-17-18-19-20-21-22-23-24-53-45(55)29-25-33(49)39-41-35(51)27-31-38-32(48(58)54(47(31)57)62(59-6-2,60-7-3)61-8-4)28-36(52)42(44(38)41)40-34(50)26-30(46(53)56)37(29)43(39)40/h25-28H,5-24H2,1-4H3. The van der Waals surface area contributed by atoms with Crippen molar-refractivity contribution in [2.75, 3.05) is 26.4 Å². The van der Waals surface area contributed by atoms with Crippen LogP contribution in [0.2, 0.25) is 20.1 Å². The van der Waals surface area contributed by atoms with Crippen molar-refractivity contribution in [3.05, 3.63) is 66.6 Å². The molecule has 0 unspecified atom stereocenters. The average molecular weight is 943 g/mol. The number of carbonyl (C=O) groups excluding carboxylic acids is 4. The van der Waals surface area contributed by atoms with E-state index in [1.165, 1.54) is 94.1 Å². The summed E-state index contributed by atoms with van der Waals surface area (Å²) in [5.74, 6) is -2.25. The Morgan fingerprint density at radius 3 is 1.00 bits per heavy atom. The first-order chi connectivity index (χ1) is 30.0. The number of unbranched alkanes of at least 4 members (excludes halogenated alkanes) is 15. The van der Waals surface area contributed by atoms with Crippen LogP contribution in [-0.4, -0.2) is 68.4 Å². The molecule has 0 fully saturated rings. The second-order valence-corrected chi connectivity index (χ2v) is 20.4. The molecule has 5 aromatic carbocycles. The minimum atomic E-state index is -4.10. The second-order valence-electron chi connectivity index (χ2n) is 16.5. The van der Waals surface area contributed by atoms with Gasteiger partial charge in [0.05, 0.1) is 11.1 Å². The summed E-state index contributed by atoms with van der Waals surface area (Å²) in [5, 5.41) is 3.95. The third-order valence-corrected chi connectivity index (χ3v) is 16.5. The van der Waals surface area contributed by atoms with Gasteiger partial charge in [-0.3, -0.25) is 24.1 Å². The number of amides is 4. The van der Waals surface area contributed by atoms with Gasteiger partial charge in [0.15, 0.2) is 0 Å². The summed E-state index contributed by atoms with van der Waals surface area (Å²) in [4.78, 5) is 58.9. The van der Waals surface area contributed by atoms with Crippen LogP contribution in [-0.2, 0) is 13.3 Å². The third-order valence-electron chi connectivity index (χ3n) is 12.4. The Hall–Kier alpha value is -3.06. The van der Waals surface area contributed by atoms with Gasteiger partial charge < -0.3 is 13.3 Å². The molecule has 0 radical (unpaired) electrons. The van der Waals surface area contributed by atoms with Gasteiger partial charge in [-0.2, -0.15) is 0 Å². The Morgan fingerprint density at radius 2 is 0.694 bits per heavy atom. The van der Waals surface area contributed by atoms with Crippen molar-refractivity contribution >= 4 is 122 Å². The Bertz CT molecular complexity index is 2380. The zero-order valence-electron chi connectivity index (χ0n) is 36.2. The van der Waals surface area contributed by atoms with E-state index in [0.29, 0.717) is 49.5 Å². The van der Waals surface area contributed by atoms with Crippen molar-refractivity contribution in [1.29, 1.82) is 0 Å². The molecule has 9 nitrogen and oxygen atoms in total.